The molecular formula is C39H56N8O3Si2. The van der Waals surface area contributed by atoms with Gasteiger partial charge < -0.3 is 23.7 Å². The van der Waals surface area contributed by atoms with Gasteiger partial charge in [0.15, 0.2) is 5.65 Å². The van der Waals surface area contributed by atoms with Crippen LogP contribution in [-0.2, 0) is 9.47 Å². The number of ether oxygens (including phenoxy) is 2. The molecule has 13 heteroatoms. The lowest BCUT2D eigenvalue weighted by molar-refractivity contribution is 0.0942. The molecule has 1 saturated heterocycles. The van der Waals surface area contributed by atoms with Gasteiger partial charge in [-0.15, -0.1) is 5.10 Å². The van der Waals surface area contributed by atoms with E-state index in [0.29, 0.717) is 25.4 Å². The fourth-order valence-electron chi connectivity index (χ4n) is 6.17. The Hall–Kier alpha value is -3.92. The number of anilines is 2. The topological polar surface area (TPSA) is 107 Å². The van der Waals surface area contributed by atoms with Crippen LogP contribution in [0.2, 0.25) is 51.4 Å². The lowest BCUT2D eigenvalue weighted by atomic mass is 9.93. The van der Waals surface area contributed by atoms with Gasteiger partial charge in [0.2, 0.25) is 5.89 Å². The zero-order chi connectivity index (χ0) is 36.9. The molecule has 0 radical (unpaired) electrons. The summed E-state index contributed by atoms with van der Waals surface area (Å²) >= 11 is 0. The second-order valence-corrected chi connectivity index (χ2v) is 27.9. The van der Waals surface area contributed by atoms with Crippen molar-refractivity contribution < 1.29 is 13.9 Å². The predicted molar refractivity (Wildman–Crippen MR) is 215 cm³/mol. The standard InChI is InChI=1S/C39H56N8O3Si2/c1-29(2)38-43-44-39(50-38)45-18-16-31(17-19-45)35-24-36(46(27-48-20-22-51(3,4)5)28-49-21-23-52(6,7)8)47-37(42-35)33(26-41-47)32-14-15-34(40-25-32)30-12-10-9-11-13-30/h9-15,24-26,29,31H,16-23,27-28H2,1-8H3. The number of rotatable bonds is 16. The lowest BCUT2D eigenvalue weighted by Crippen LogP contribution is -2.34. The second-order valence-electron chi connectivity index (χ2n) is 16.7. The monoisotopic (exact) mass is 740 g/mol. The van der Waals surface area contributed by atoms with Gasteiger partial charge in [-0.05, 0) is 31.0 Å². The highest BCUT2D eigenvalue weighted by Gasteiger charge is 2.28. The summed E-state index contributed by atoms with van der Waals surface area (Å²) < 4.78 is 20.7. The molecular weight excluding hydrogens is 685 g/mol. The van der Waals surface area contributed by atoms with Crippen molar-refractivity contribution >= 4 is 33.6 Å². The maximum absolute atomic E-state index is 6.37. The number of hydrogen-bond donors (Lipinski definition) is 0. The highest BCUT2D eigenvalue weighted by Crippen LogP contribution is 2.35. The van der Waals surface area contributed by atoms with E-state index in [9.17, 15) is 0 Å². The van der Waals surface area contributed by atoms with Crippen molar-refractivity contribution in [1.82, 2.24) is 29.8 Å². The van der Waals surface area contributed by atoms with Crippen molar-refractivity contribution in [3.05, 3.63) is 72.5 Å². The number of hydrogen-bond acceptors (Lipinski definition) is 10. The molecule has 0 bridgehead atoms. The van der Waals surface area contributed by atoms with E-state index in [1.54, 1.807) is 0 Å². The van der Waals surface area contributed by atoms with Gasteiger partial charge in [-0.3, -0.25) is 4.98 Å². The van der Waals surface area contributed by atoms with Crippen LogP contribution in [0.1, 0.15) is 50.1 Å². The van der Waals surface area contributed by atoms with Crippen molar-refractivity contribution in [3.8, 4) is 22.4 Å². The minimum absolute atomic E-state index is 0.199. The third-order valence-electron chi connectivity index (χ3n) is 9.54. The number of piperidine rings is 1. The predicted octanol–water partition coefficient (Wildman–Crippen LogP) is 8.78. The molecule has 278 valence electrons. The summed E-state index contributed by atoms with van der Waals surface area (Å²) in [5.74, 6) is 2.04. The fraction of sp³-hybridized carbons (Fsp3) is 0.513. The summed E-state index contributed by atoms with van der Waals surface area (Å²) in [6.45, 7) is 22.3. The second kappa shape index (κ2) is 16.4. The molecule has 1 aromatic carbocycles. The number of aromatic nitrogens is 6. The number of pyridine rings is 1. The zero-order valence-electron chi connectivity index (χ0n) is 32.3. The summed E-state index contributed by atoms with van der Waals surface area (Å²) in [6.07, 6.45) is 5.67. The summed E-state index contributed by atoms with van der Waals surface area (Å²) in [6, 6.07) is 19.4. The van der Waals surface area contributed by atoms with E-state index in [1.165, 1.54) is 0 Å². The van der Waals surface area contributed by atoms with Crippen LogP contribution in [-0.4, -0.2) is 85.7 Å². The van der Waals surface area contributed by atoms with E-state index in [1.807, 2.05) is 35.1 Å². The first kappa shape index (κ1) is 37.8. The molecule has 0 saturated carbocycles. The molecule has 52 heavy (non-hydrogen) atoms. The number of fused-ring (bicyclic) bond motifs is 1. The Kier molecular flexibility index (Phi) is 11.9. The van der Waals surface area contributed by atoms with Gasteiger partial charge in [-0.2, -0.15) is 9.61 Å². The van der Waals surface area contributed by atoms with Crippen LogP contribution in [0.25, 0.3) is 28.0 Å². The van der Waals surface area contributed by atoms with Crippen LogP contribution in [0.15, 0.2) is 65.3 Å². The van der Waals surface area contributed by atoms with E-state index >= 15 is 0 Å². The smallest absolute Gasteiger partial charge is 0.318 e. The van der Waals surface area contributed by atoms with E-state index in [0.717, 1.165) is 90.8 Å². The molecule has 0 aliphatic carbocycles. The highest BCUT2D eigenvalue weighted by molar-refractivity contribution is 6.76. The molecule has 1 aliphatic heterocycles. The van der Waals surface area contributed by atoms with E-state index < -0.39 is 16.1 Å². The Morgan fingerprint density at radius 2 is 1.52 bits per heavy atom. The quantitative estimate of drug-likeness (QED) is 0.0554. The maximum atomic E-state index is 6.37. The van der Waals surface area contributed by atoms with Gasteiger partial charge in [-0.25, -0.2) is 4.98 Å². The van der Waals surface area contributed by atoms with Crippen molar-refractivity contribution in [3.63, 3.8) is 0 Å². The largest absolute Gasteiger partial charge is 0.408 e. The van der Waals surface area contributed by atoms with Crippen molar-refractivity contribution in [1.29, 1.82) is 0 Å². The van der Waals surface area contributed by atoms with Gasteiger partial charge in [-0.1, -0.05) is 94.6 Å². The van der Waals surface area contributed by atoms with E-state index in [2.05, 4.69) is 103 Å². The third kappa shape index (κ3) is 9.74. The molecule has 0 N–H and O–H groups in total. The average Bonchev–Trinajstić information content (AvgIpc) is 3.79. The minimum atomic E-state index is -1.25. The number of nitrogens with zero attached hydrogens (tertiary/aromatic N) is 8. The van der Waals surface area contributed by atoms with Crippen LogP contribution >= 0.6 is 0 Å². The first-order chi connectivity index (χ1) is 24.8. The summed E-state index contributed by atoms with van der Waals surface area (Å²) in [7, 11) is -2.51. The molecule has 4 aromatic heterocycles. The maximum Gasteiger partial charge on any atom is 0.318 e. The van der Waals surface area contributed by atoms with Crippen LogP contribution in [0.4, 0.5) is 11.8 Å². The van der Waals surface area contributed by atoms with Crippen molar-refractivity contribution in [2.24, 2.45) is 0 Å². The molecule has 1 aliphatic rings. The summed E-state index contributed by atoms with van der Waals surface area (Å²) in [4.78, 5) is 14.6. The third-order valence-corrected chi connectivity index (χ3v) is 12.9. The van der Waals surface area contributed by atoms with E-state index in [4.69, 9.17) is 29.0 Å². The molecule has 5 heterocycles. The fourth-order valence-corrected chi connectivity index (χ4v) is 7.68. The normalized spacial score (nSPS) is 14.5. The summed E-state index contributed by atoms with van der Waals surface area (Å²) in [5, 5.41) is 13.6. The van der Waals surface area contributed by atoms with Gasteiger partial charge >= 0.3 is 6.01 Å². The molecule has 0 amide bonds. The Morgan fingerprint density at radius 3 is 2.10 bits per heavy atom. The van der Waals surface area contributed by atoms with Gasteiger partial charge in [0, 0.05) is 88.9 Å². The van der Waals surface area contributed by atoms with Crippen LogP contribution in [0.5, 0.6) is 0 Å². The van der Waals surface area contributed by atoms with Crippen LogP contribution < -0.4 is 9.80 Å². The Morgan fingerprint density at radius 1 is 0.846 bits per heavy atom. The highest BCUT2D eigenvalue weighted by atomic mass is 28.3. The molecule has 0 atom stereocenters. The molecule has 1 fully saturated rings. The molecule has 0 spiro atoms. The Bertz CT molecular complexity index is 1850. The first-order valence-electron chi connectivity index (χ1n) is 18.7. The minimum Gasteiger partial charge on any atom is -0.408 e. The van der Waals surface area contributed by atoms with Crippen molar-refractivity contribution in [2.75, 3.05) is 49.6 Å². The van der Waals surface area contributed by atoms with Gasteiger partial charge in [0.25, 0.3) is 0 Å². The van der Waals surface area contributed by atoms with Crippen LogP contribution in [0.3, 0.4) is 0 Å². The molecule has 5 aromatic rings. The average molecular weight is 741 g/mol. The Balaban J connectivity index is 1.33. The zero-order valence-corrected chi connectivity index (χ0v) is 34.3. The molecule has 6 rings (SSSR count). The SMILES string of the molecule is CC(C)c1nnc(N2CCC(c3cc(N(COCC[Si](C)(C)C)COCC[Si](C)(C)C)n4ncc(-c5ccc(-c6ccccc6)nc5)c4n3)CC2)o1. The summed E-state index contributed by atoms with van der Waals surface area (Å²) in [5.41, 5.74) is 5.78. The molecule has 11 nitrogen and oxygen atoms in total. The van der Waals surface area contributed by atoms with Crippen molar-refractivity contribution in [2.45, 2.75) is 89.9 Å². The van der Waals surface area contributed by atoms with Gasteiger partial charge in [0.1, 0.15) is 19.3 Å². The molecule has 0 unspecified atom stereocenters. The Labute approximate surface area is 310 Å². The van der Waals surface area contributed by atoms with Crippen LogP contribution in [0, 0.1) is 0 Å². The first-order valence-corrected chi connectivity index (χ1v) is 26.2. The number of benzene rings is 1. The lowest BCUT2D eigenvalue weighted by Gasteiger charge is -2.31. The van der Waals surface area contributed by atoms with Gasteiger partial charge in [0.05, 0.1) is 11.9 Å². The van der Waals surface area contributed by atoms with E-state index in [-0.39, 0.29) is 11.8 Å².